The fraction of sp³-hybridized carbons (Fsp3) is 0.444. The van der Waals surface area contributed by atoms with Crippen molar-refractivity contribution in [2.75, 3.05) is 21.7 Å². The largest absolute Gasteiger partial charge is 0.379 e. The molecule has 0 saturated heterocycles. The number of aromatic nitrogens is 6. The third kappa shape index (κ3) is 5.87. The molecule has 41 heavy (non-hydrogen) atoms. The number of nitrogens with one attached hydrogen (secondary N) is 3. The van der Waals surface area contributed by atoms with Crippen LogP contribution in [0.2, 0.25) is 0 Å². The number of anilines is 3. The van der Waals surface area contributed by atoms with Gasteiger partial charge in [-0.25, -0.2) is 27.3 Å². The number of hydrogen-bond acceptors (Lipinski definition) is 9. The highest BCUT2D eigenvalue weighted by molar-refractivity contribution is 7.91. The first-order chi connectivity index (χ1) is 19.7. The van der Waals surface area contributed by atoms with Crippen LogP contribution in [0.5, 0.6) is 0 Å². The molecule has 4 aromatic heterocycles. The molecule has 1 amide bonds. The maximum atomic E-state index is 14.1. The average molecular weight is 582 g/mol. The Hall–Kier alpha value is -4.07. The lowest BCUT2D eigenvalue weighted by Crippen LogP contribution is -2.30. The van der Waals surface area contributed by atoms with Crippen molar-refractivity contribution in [2.24, 2.45) is 13.0 Å². The van der Waals surface area contributed by atoms with E-state index < -0.39 is 21.6 Å². The van der Waals surface area contributed by atoms with Crippen molar-refractivity contribution < 1.29 is 17.6 Å². The topological polar surface area (TPSA) is 148 Å². The summed E-state index contributed by atoms with van der Waals surface area (Å²) in [6.45, 7) is 1.78. The van der Waals surface area contributed by atoms with Gasteiger partial charge < -0.3 is 20.5 Å². The lowest BCUT2D eigenvalue weighted by atomic mass is 9.87. The van der Waals surface area contributed by atoms with Crippen molar-refractivity contribution in [1.82, 2.24) is 29.1 Å². The summed E-state index contributed by atoms with van der Waals surface area (Å²) in [7, 11) is -1.77. The fourth-order valence-corrected chi connectivity index (χ4v) is 7.24. The quantitative estimate of drug-likeness (QED) is 0.270. The third-order valence-corrected chi connectivity index (χ3v) is 9.39. The number of pyridine rings is 1. The fourth-order valence-electron chi connectivity index (χ4n) is 5.36. The van der Waals surface area contributed by atoms with E-state index in [1.807, 2.05) is 6.07 Å². The van der Waals surface area contributed by atoms with Crippen LogP contribution < -0.4 is 16.0 Å². The van der Waals surface area contributed by atoms with Gasteiger partial charge in [-0.05, 0) is 57.4 Å². The highest BCUT2D eigenvalue weighted by Crippen LogP contribution is 2.32. The summed E-state index contributed by atoms with van der Waals surface area (Å²) in [5, 5.41) is 14.3. The van der Waals surface area contributed by atoms with Gasteiger partial charge in [-0.15, -0.1) is 5.10 Å². The van der Waals surface area contributed by atoms with E-state index in [2.05, 4.69) is 36.0 Å². The Labute approximate surface area is 236 Å². The zero-order valence-corrected chi connectivity index (χ0v) is 23.7. The second kappa shape index (κ2) is 10.7. The second-order valence-corrected chi connectivity index (χ2v) is 12.9. The lowest BCUT2D eigenvalue weighted by Gasteiger charge is -2.29. The van der Waals surface area contributed by atoms with Gasteiger partial charge in [-0.2, -0.15) is 0 Å². The number of fused-ring (bicyclic) bond motifs is 1. The minimum atomic E-state index is -3.48. The first kappa shape index (κ1) is 27.1. The highest BCUT2D eigenvalue weighted by atomic mass is 32.2. The molecule has 4 aromatic rings. The zero-order valence-electron chi connectivity index (χ0n) is 22.8. The van der Waals surface area contributed by atoms with Crippen LogP contribution in [0.4, 0.5) is 21.6 Å². The second-order valence-electron chi connectivity index (χ2n) is 11.0. The normalized spacial score (nSPS) is 19.3. The van der Waals surface area contributed by atoms with E-state index in [1.165, 1.54) is 23.0 Å². The van der Waals surface area contributed by atoms with Crippen LogP contribution in [0, 0.1) is 18.7 Å². The molecule has 2 aliphatic carbocycles. The molecule has 2 fully saturated rings. The Balaban J connectivity index is 1.17. The molecule has 2 aliphatic rings. The summed E-state index contributed by atoms with van der Waals surface area (Å²) < 4.78 is 43.1. The van der Waals surface area contributed by atoms with Gasteiger partial charge in [-0.3, -0.25) is 9.78 Å². The van der Waals surface area contributed by atoms with E-state index in [0.29, 0.717) is 23.2 Å². The van der Waals surface area contributed by atoms with E-state index >= 15 is 0 Å². The molecular weight excluding hydrogens is 549 g/mol. The van der Waals surface area contributed by atoms with Crippen LogP contribution in [0.3, 0.4) is 0 Å². The zero-order chi connectivity index (χ0) is 28.7. The first-order valence-electron chi connectivity index (χ1n) is 13.7. The number of aryl methyl sites for hydroxylation is 2. The molecule has 14 heteroatoms. The summed E-state index contributed by atoms with van der Waals surface area (Å²) >= 11 is 0. The van der Waals surface area contributed by atoms with Gasteiger partial charge in [0.1, 0.15) is 5.82 Å². The average Bonchev–Trinajstić information content (AvgIpc) is 3.52. The molecule has 0 radical (unpaired) electrons. The van der Waals surface area contributed by atoms with Crippen molar-refractivity contribution in [1.29, 1.82) is 0 Å². The van der Waals surface area contributed by atoms with Crippen molar-refractivity contribution in [2.45, 2.75) is 62.7 Å². The van der Waals surface area contributed by atoms with E-state index in [0.717, 1.165) is 50.4 Å². The van der Waals surface area contributed by atoms with Crippen LogP contribution >= 0.6 is 0 Å². The molecule has 0 aliphatic heterocycles. The molecular formula is C27H32FN9O3S. The number of nitrogens with zero attached hydrogens (tertiary/aromatic N) is 6. The van der Waals surface area contributed by atoms with Crippen molar-refractivity contribution in [3.8, 4) is 0 Å². The predicted octanol–water partition coefficient (Wildman–Crippen LogP) is 3.58. The molecule has 0 bridgehead atoms. The van der Waals surface area contributed by atoms with Gasteiger partial charge in [-0.1, -0.05) is 0 Å². The molecule has 0 unspecified atom stereocenters. The minimum Gasteiger partial charge on any atom is -0.379 e. The molecule has 0 spiro atoms. The van der Waals surface area contributed by atoms with Crippen molar-refractivity contribution >= 4 is 38.6 Å². The number of sulfone groups is 1. The van der Waals surface area contributed by atoms with E-state index in [1.54, 1.807) is 24.7 Å². The number of imidazole rings is 2. The molecule has 2 saturated carbocycles. The van der Waals surface area contributed by atoms with E-state index in [9.17, 15) is 17.6 Å². The highest BCUT2D eigenvalue weighted by Gasteiger charge is 2.30. The number of carbonyl (C=O) groups is 1. The summed E-state index contributed by atoms with van der Waals surface area (Å²) in [6, 6.07) is 3.71. The van der Waals surface area contributed by atoms with Crippen molar-refractivity contribution in [3.63, 3.8) is 0 Å². The van der Waals surface area contributed by atoms with Gasteiger partial charge in [0.2, 0.25) is 15.0 Å². The van der Waals surface area contributed by atoms with Crippen LogP contribution in [-0.4, -0.2) is 61.3 Å². The number of hydrogen-bond donors (Lipinski definition) is 3. The number of halogens is 1. The van der Waals surface area contributed by atoms with Gasteiger partial charge >= 0.3 is 0 Å². The Kier molecular flexibility index (Phi) is 7.09. The van der Waals surface area contributed by atoms with Gasteiger partial charge in [0, 0.05) is 37.6 Å². The standard InChI is InChI=1S/C27H32FN9O3S/c1-16-14-36(2)27(31-16)41(39,40)15-17-3-5-19(6-4-17)33-24-11-22(32-18-7-8-18)25-30-13-23(37(25)35-24)26(38)34-21-9-10-29-12-20(21)28/h9-14,17-19,32H,3-8,15H2,1-2H3,(H,33,35)(H,29,34,38). The van der Waals surface area contributed by atoms with Gasteiger partial charge in [0.05, 0.1) is 35.2 Å². The van der Waals surface area contributed by atoms with Crippen LogP contribution in [0.15, 0.2) is 42.1 Å². The summed E-state index contributed by atoms with van der Waals surface area (Å²) in [5.74, 6) is -0.485. The smallest absolute Gasteiger partial charge is 0.276 e. The predicted molar refractivity (Wildman–Crippen MR) is 151 cm³/mol. The SMILES string of the molecule is Cc1cn(C)c(S(=O)(=O)CC2CCC(Nc3cc(NC4CC4)c4ncc(C(=O)Nc5ccncc5F)n4n3)CC2)n1. The van der Waals surface area contributed by atoms with Gasteiger partial charge in [0.15, 0.2) is 17.2 Å². The molecule has 12 nitrogen and oxygen atoms in total. The lowest BCUT2D eigenvalue weighted by molar-refractivity contribution is 0.102. The number of amides is 1. The monoisotopic (exact) mass is 581 g/mol. The van der Waals surface area contributed by atoms with Crippen LogP contribution in [0.1, 0.15) is 54.7 Å². The molecule has 4 heterocycles. The Morgan fingerprint density at radius 2 is 1.80 bits per heavy atom. The summed E-state index contributed by atoms with van der Waals surface area (Å²) in [4.78, 5) is 25.4. The number of carbonyl (C=O) groups excluding carboxylic acids is 1. The van der Waals surface area contributed by atoms with E-state index in [-0.39, 0.29) is 34.3 Å². The Morgan fingerprint density at radius 1 is 1.07 bits per heavy atom. The van der Waals surface area contributed by atoms with E-state index in [4.69, 9.17) is 0 Å². The summed E-state index contributed by atoms with van der Waals surface area (Å²) in [5.41, 5.74) is 2.12. The minimum absolute atomic E-state index is 0.0161. The first-order valence-corrected chi connectivity index (χ1v) is 15.4. The molecule has 0 aromatic carbocycles. The Morgan fingerprint density at radius 3 is 2.49 bits per heavy atom. The molecule has 216 valence electrons. The Bertz CT molecular complexity index is 1710. The number of rotatable bonds is 9. The maximum Gasteiger partial charge on any atom is 0.276 e. The van der Waals surface area contributed by atoms with Crippen LogP contribution in [0.25, 0.3) is 5.65 Å². The van der Waals surface area contributed by atoms with Gasteiger partial charge in [0.25, 0.3) is 5.91 Å². The van der Waals surface area contributed by atoms with Crippen molar-refractivity contribution in [3.05, 3.63) is 54.1 Å². The molecule has 3 N–H and O–H groups in total. The molecule has 6 rings (SSSR count). The maximum absolute atomic E-state index is 14.1. The van der Waals surface area contributed by atoms with Crippen LogP contribution in [-0.2, 0) is 16.9 Å². The molecule has 0 atom stereocenters. The third-order valence-electron chi connectivity index (χ3n) is 7.54. The summed E-state index contributed by atoms with van der Waals surface area (Å²) in [6.07, 6.45) is 10.8.